The summed E-state index contributed by atoms with van der Waals surface area (Å²) in [6, 6.07) is 13.9. The molecule has 0 fully saturated rings. The van der Waals surface area contributed by atoms with Gasteiger partial charge in [0.25, 0.3) is 0 Å². The number of hydrogen-bond donors (Lipinski definition) is 2. The molecule has 0 aliphatic heterocycles. The van der Waals surface area contributed by atoms with Crippen molar-refractivity contribution in [3.63, 3.8) is 0 Å². The first-order chi connectivity index (χ1) is 11.1. The fraction of sp³-hybridized carbons (Fsp3) is 0.278. The SMILES string of the molecule is CN=C(NCc1ccc(C)c(OC)c1)NCc1ccccc1Cl. The van der Waals surface area contributed by atoms with Crippen LogP contribution in [0.15, 0.2) is 47.5 Å². The van der Waals surface area contributed by atoms with Crippen LogP contribution in [-0.2, 0) is 13.1 Å². The van der Waals surface area contributed by atoms with E-state index in [1.165, 1.54) is 0 Å². The molecule has 0 aliphatic carbocycles. The largest absolute Gasteiger partial charge is 0.496 e. The van der Waals surface area contributed by atoms with Crippen LogP contribution in [0.1, 0.15) is 16.7 Å². The van der Waals surface area contributed by atoms with Gasteiger partial charge in [0.1, 0.15) is 5.75 Å². The Kier molecular flexibility index (Phi) is 6.29. The molecule has 0 unspecified atom stereocenters. The molecule has 4 nitrogen and oxygen atoms in total. The number of ether oxygens (including phenoxy) is 1. The summed E-state index contributed by atoms with van der Waals surface area (Å²) in [6.07, 6.45) is 0. The van der Waals surface area contributed by atoms with Crippen LogP contribution in [0.2, 0.25) is 5.02 Å². The van der Waals surface area contributed by atoms with Crippen molar-refractivity contribution in [1.29, 1.82) is 0 Å². The smallest absolute Gasteiger partial charge is 0.191 e. The molecule has 0 bridgehead atoms. The summed E-state index contributed by atoms with van der Waals surface area (Å²) in [5.41, 5.74) is 3.29. The summed E-state index contributed by atoms with van der Waals surface area (Å²) in [6.45, 7) is 3.32. The first-order valence-corrected chi connectivity index (χ1v) is 7.83. The second-order valence-corrected chi connectivity index (χ2v) is 5.58. The predicted octanol–water partition coefficient (Wildman–Crippen LogP) is 3.52. The van der Waals surface area contributed by atoms with Crippen molar-refractivity contribution in [2.75, 3.05) is 14.2 Å². The second kappa shape index (κ2) is 8.44. The molecule has 0 aliphatic rings. The third kappa shape index (κ3) is 4.89. The number of methoxy groups -OCH3 is 1. The summed E-state index contributed by atoms with van der Waals surface area (Å²) in [4.78, 5) is 4.23. The molecule has 2 N–H and O–H groups in total. The number of nitrogens with one attached hydrogen (secondary N) is 2. The van der Waals surface area contributed by atoms with Gasteiger partial charge >= 0.3 is 0 Å². The van der Waals surface area contributed by atoms with Gasteiger partial charge in [-0.15, -0.1) is 0 Å². The van der Waals surface area contributed by atoms with Gasteiger partial charge in [0.15, 0.2) is 5.96 Å². The van der Waals surface area contributed by atoms with Crippen LogP contribution in [0.5, 0.6) is 5.75 Å². The highest BCUT2D eigenvalue weighted by atomic mass is 35.5. The molecule has 122 valence electrons. The van der Waals surface area contributed by atoms with Gasteiger partial charge in [-0.25, -0.2) is 0 Å². The highest BCUT2D eigenvalue weighted by Crippen LogP contribution is 2.18. The summed E-state index contributed by atoms with van der Waals surface area (Å²) in [7, 11) is 3.43. The lowest BCUT2D eigenvalue weighted by molar-refractivity contribution is 0.411. The molecule has 2 aromatic rings. The van der Waals surface area contributed by atoms with E-state index in [2.05, 4.69) is 27.8 Å². The average molecular weight is 332 g/mol. The summed E-state index contributed by atoms with van der Waals surface area (Å²) < 4.78 is 5.35. The molecule has 0 aromatic heterocycles. The highest BCUT2D eigenvalue weighted by molar-refractivity contribution is 6.31. The Hall–Kier alpha value is -2.20. The molecule has 23 heavy (non-hydrogen) atoms. The summed E-state index contributed by atoms with van der Waals surface area (Å²) >= 11 is 6.16. The Morgan fingerprint density at radius 3 is 2.57 bits per heavy atom. The third-order valence-corrected chi connectivity index (χ3v) is 3.93. The lowest BCUT2D eigenvalue weighted by Gasteiger charge is -2.13. The zero-order valence-electron chi connectivity index (χ0n) is 13.7. The zero-order valence-corrected chi connectivity index (χ0v) is 14.4. The maximum Gasteiger partial charge on any atom is 0.191 e. The number of halogens is 1. The molecule has 0 saturated heterocycles. The average Bonchev–Trinajstić information content (AvgIpc) is 2.57. The molecule has 0 saturated carbocycles. The van der Waals surface area contributed by atoms with Crippen molar-refractivity contribution in [1.82, 2.24) is 10.6 Å². The molecular formula is C18H22ClN3O. The van der Waals surface area contributed by atoms with E-state index in [4.69, 9.17) is 16.3 Å². The lowest BCUT2D eigenvalue weighted by Crippen LogP contribution is -2.36. The van der Waals surface area contributed by atoms with E-state index < -0.39 is 0 Å². The van der Waals surface area contributed by atoms with Gasteiger partial charge in [-0.1, -0.05) is 41.9 Å². The molecule has 5 heteroatoms. The number of aliphatic imine (C=N–C) groups is 1. The van der Waals surface area contributed by atoms with Gasteiger partial charge in [0.2, 0.25) is 0 Å². The maximum atomic E-state index is 6.16. The van der Waals surface area contributed by atoms with Gasteiger partial charge in [0, 0.05) is 25.2 Å². The van der Waals surface area contributed by atoms with Crippen molar-refractivity contribution < 1.29 is 4.74 Å². The first kappa shape index (κ1) is 17.2. The number of nitrogens with zero attached hydrogens (tertiary/aromatic N) is 1. The van der Waals surface area contributed by atoms with E-state index in [1.807, 2.05) is 37.3 Å². The predicted molar refractivity (Wildman–Crippen MR) is 96.2 cm³/mol. The van der Waals surface area contributed by atoms with Crippen molar-refractivity contribution in [3.8, 4) is 5.75 Å². The monoisotopic (exact) mass is 331 g/mol. The number of guanidine groups is 1. The maximum absolute atomic E-state index is 6.16. The topological polar surface area (TPSA) is 45.7 Å². The standard InChI is InChI=1S/C18H22ClN3O/c1-13-8-9-14(10-17(13)23-3)11-21-18(20-2)22-12-15-6-4-5-7-16(15)19/h4-10H,11-12H2,1-3H3,(H2,20,21,22). The van der Waals surface area contributed by atoms with Gasteiger partial charge < -0.3 is 15.4 Å². The van der Waals surface area contributed by atoms with Crippen LogP contribution in [0.4, 0.5) is 0 Å². The van der Waals surface area contributed by atoms with E-state index in [0.717, 1.165) is 33.4 Å². The Bertz CT molecular complexity index is 686. The highest BCUT2D eigenvalue weighted by Gasteiger charge is 2.04. The molecule has 0 spiro atoms. The molecule has 0 radical (unpaired) electrons. The van der Waals surface area contributed by atoms with E-state index in [-0.39, 0.29) is 0 Å². The van der Waals surface area contributed by atoms with Crippen molar-refractivity contribution in [2.45, 2.75) is 20.0 Å². The van der Waals surface area contributed by atoms with E-state index in [9.17, 15) is 0 Å². The van der Waals surface area contributed by atoms with Crippen molar-refractivity contribution in [2.24, 2.45) is 4.99 Å². The first-order valence-electron chi connectivity index (χ1n) is 7.45. The molecule has 2 rings (SSSR count). The molecule has 0 heterocycles. The van der Waals surface area contributed by atoms with Crippen molar-refractivity contribution in [3.05, 3.63) is 64.2 Å². The van der Waals surface area contributed by atoms with Gasteiger partial charge in [-0.05, 0) is 35.7 Å². The minimum atomic E-state index is 0.622. The van der Waals surface area contributed by atoms with Crippen LogP contribution in [0, 0.1) is 6.92 Å². The Morgan fingerprint density at radius 2 is 1.87 bits per heavy atom. The fourth-order valence-corrected chi connectivity index (χ4v) is 2.40. The number of aryl methyl sites for hydroxylation is 1. The van der Waals surface area contributed by atoms with E-state index >= 15 is 0 Å². The van der Waals surface area contributed by atoms with Crippen LogP contribution >= 0.6 is 11.6 Å². The number of hydrogen-bond acceptors (Lipinski definition) is 2. The van der Waals surface area contributed by atoms with Crippen LogP contribution in [-0.4, -0.2) is 20.1 Å². The van der Waals surface area contributed by atoms with Crippen LogP contribution in [0.25, 0.3) is 0 Å². The minimum Gasteiger partial charge on any atom is -0.496 e. The fourth-order valence-electron chi connectivity index (χ4n) is 2.20. The molecular weight excluding hydrogens is 310 g/mol. The summed E-state index contributed by atoms with van der Waals surface area (Å²) in [5.74, 6) is 1.62. The van der Waals surface area contributed by atoms with Gasteiger partial charge in [-0.3, -0.25) is 4.99 Å². The van der Waals surface area contributed by atoms with E-state index in [0.29, 0.717) is 13.1 Å². The third-order valence-electron chi connectivity index (χ3n) is 3.56. The minimum absolute atomic E-state index is 0.622. The quantitative estimate of drug-likeness (QED) is 0.651. The van der Waals surface area contributed by atoms with Gasteiger partial charge in [-0.2, -0.15) is 0 Å². The molecule has 0 atom stereocenters. The zero-order chi connectivity index (χ0) is 16.7. The number of benzene rings is 2. The van der Waals surface area contributed by atoms with Gasteiger partial charge in [0.05, 0.1) is 7.11 Å². The summed E-state index contributed by atoms with van der Waals surface area (Å²) in [5, 5.41) is 7.30. The molecule has 2 aromatic carbocycles. The van der Waals surface area contributed by atoms with E-state index in [1.54, 1.807) is 14.2 Å². The van der Waals surface area contributed by atoms with Crippen molar-refractivity contribution >= 4 is 17.6 Å². The molecule has 0 amide bonds. The normalized spacial score (nSPS) is 11.2. The lowest BCUT2D eigenvalue weighted by atomic mass is 10.1. The van der Waals surface area contributed by atoms with Crippen LogP contribution in [0.3, 0.4) is 0 Å². The Morgan fingerprint density at radius 1 is 1.13 bits per heavy atom. The Balaban J connectivity index is 1.92. The van der Waals surface area contributed by atoms with Crippen LogP contribution < -0.4 is 15.4 Å². The second-order valence-electron chi connectivity index (χ2n) is 5.17. The number of rotatable bonds is 5. The Labute approximate surface area is 142 Å².